The first-order valence-corrected chi connectivity index (χ1v) is 6.57. The van der Waals surface area contributed by atoms with Crippen molar-refractivity contribution in [1.29, 1.82) is 0 Å². The summed E-state index contributed by atoms with van der Waals surface area (Å²) in [5.41, 5.74) is 3.10. The lowest BCUT2D eigenvalue weighted by Gasteiger charge is -2.05. The summed E-state index contributed by atoms with van der Waals surface area (Å²) in [6, 6.07) is 8.43. The fourth-order valence-electron chi connectivity index (χ4n) is 2.39. The summed E-state index contributed by atoms with van der Waals surface area (Å²) in [5, 5.41) is 4.12. The van der Waals surface area contributed by atoms with E-state index >= 15 is 0 Å². The number of nitrogens with one attached hydrogen (secondary N) is 2. The lowest BCUT2D eigenvalue weighted by molar-refractivity contribution is 0.0939. The topological polar surface area (TPSA) is 44.9 Å². The van der Waals surface area contributed by atoms with Crippen LogP contribution in [0.5, 0.6) is 0 Å². The predicted octanol–water partition coefficient (Wildman–Crippen LogP) is 3.18. The minimum absolute atomic E-state index is 0.0250. The Bertz CT molecular complexity index is 594. The van der Waals surface area contributed by atoms with Crippen molar-refractivity contribution in [2.75, 3.05) is 0 Å². The van der Waals surface area contributed by atoms with Gasteiger partial charge in [-0.25, -0.2) is 0 Å². The molecule has 1 aromatic heterocycles. The quantitative estimate of drug-likeness (QED) is 0.853. The fraction of sp³-hybridized carbons (Fsp3) is 0.400. The largest absolute Gasteiger partial charge is 0.351 e. The van der Waals surface area contributed by atoms with Gasteiger partial charge in [0.25, 0.3) is 5.91 Å². The second-order valence-electron chi connectivity index (χ2n) is 5.39. The van der Waals surface area contributed by atoms with Crippen molar-refractivity contribution in [3.8, 4) is 0 Å². The Morgan fingerprint density at radius 3 is 2.83 bits per heavy atom. The van der Waals surface area contributed by atoms with E-state index in [1.165, 1.54) is 23.8 Å². The zero-order valence-electron chi connectivity index (χ0n) is 10.8. The molecule has 1 aliphatic rings. The number of carbonyl (C=O) groups is 1. The number of aromatic amines is 1. The van der Waals surface area contributed by atoms with E-state index in [2.05, 4.69) is 22.4 Å². The first-order valence-electron chi connectivity index (χ1n) is 6.57. The first kappa shape index (κ1) is 11.3. The standard InChI is InChI=1S/C15H18N2O/c1-9(2)16-15(18)14-8-12-11(10-6-7-10)4-3-5-13(12)17-14/h3-5,8-10,17H,6-7H2,1-2H3,(H,16,18). The van der Waals surface area contributed by atoms with Gasteiger partial charge in [0.05, 0.1) is 0 Å². The van der Waals surface area contributed by atoms with Gasteiger partial charge in [0, 0.05) is 16.9 Å². The van der Waals surface area contributed by atoms with Gasteiger partial charge in [-0.3, -0.25) is 4.79 Å². The molecule has 0 bridgehead atoms. The van der Waals surface area contributed by atoms with Gasteiger partial charge < -0.3 is 10.3 Å². The van der Waals surface area contributed by atoms with E-state index in [1.54, 1.807) is 0 Å². The van der Waals surface area contributed by atoms with Crippen molar-refractivity contribution in [2.24, 2.45) is 0 Å². The third kappa shape index (κ3) is 2.01. The van der Waals surface area contributed by atoms with Gasteiger partial charge in [-0.1, -0.05) is 12.1 Å². The average molecular weight is 242 g/mol. The number of H-pyrrole nitrogens is 1. The number of benzene rings is 1. The summed E-state index contributed by atoms with van der Waals surface area (Å²) >= 11 is 0. The molecular formula is C15H18N2O. The third-order valence-corrected chi connectivity index (χ3v) is 3.38. The van der Waals surface area contributed by atoms with Gasteiger partial charge in [0.2, 0.25) is 0 Å². The molecule has 94 valence electrons. The van der Waals surface area contributed by atoms with Crippen LogP contribution in [0.25, 0.3) is 10.9 Å². The van der Waals surface area contributed by atoms with E-state index in [0.29, 0.717) is 11.6 Å². The molecule has 1 heterocycles. The molecule has 1 aromatic carbocycles. The monoisotopic (exact) mass is 242 g/mol. The molecule has 2 aromatic rings. The van der Waals surface area contributed by atoms with E-state index in [-0.39, 0.29) is 11.9 Å². The summed E-state index contributed by atoms with van der Waals surface area (Å²) < 4.78 is 0. The summed E-state index contributed by atoms with van der Waals surface area (Å²) in [7, 11) is 0. The number of fused-ring (bicyclic) bond motifs is 1. The highest BCUT2D eigenvalue weighted by Gasteiger charge is 2.26. The van der Waals surface area contributed by atoms with E-state index in [1.807, 2.05) is 26.0 Å². The molecule has 1 fully saturated rings. The van der Waals surface area contributed by atoms with E-state index in [9.17, 15) is 4.79 Å². The van der Waals surface area contributed by atoms with Gasteiger partial charge in [-0.2, -0.15) is 0 Å². The average Bonchev–Trinajstić information content (AvgIpc) is 3.05. The summed E-state index contributed by atoms with van der Waals surface area (Å²) in [4.78, 5) is 15.2. The van der Waals surface area contributed by atoms with Crippen LogP contribution in [0, 0.1) is 0 Å². The minimum atomic E-state index is -0.0250. The normalized spacial score (nSPS) is 15.3. The number of carbonyl (C=O) groups excluding carboxylic acids is 1. The van der Waals surface area contributed by atoms with Gasteiger partial charge >= 0.3 is 0 Å². The molecule has 3 nitrogen and oxygen atoms in total. The van der Waals surface area contributed by atoms with Crippen LogP contribution < -0.4 is 5.32 Å². The Balaban J connectivity index is 2.00. The molecule has 1 amide bonds. The van der Waals surface area contributed by atoms with Crippen molar-refractivity contribution < 1.29 is 4.79 Å². The van der Waals surface area contributed by atoms with E-state index in [4.69, 9.17) is 0 Å². The van der Waals surface area contributed by atoms with Crippen LogP contribution in [0.4, 0.5) is 0 Å². The summed E-state index contributed by atoms with van der Waals surface area (Å²) in [5.74, 6) is 0.674. The smallest absolute Gasteiger partial charge is 0.267 e. The summed E-state index contributed by atoms with van der Waals surface area (Å²) in [6.07, 6.45) is 2.55. The lowest BCUT2D eigenvalue weighted by Crippen LogP contribution is -2.30. The van der Waals surface area contributed by atoms with Crippen LogP contribution >= 0.6 is 0 Å². The molecule has 1 aliphatic carbocycles. The Morgan fingerprint density at radius 2 is 2.17 bits per heavy atom. The minimum Gasteiger partial charge on any atom is -0.351 e. The molecule has 0 aliphatic heterocycles. The number of amides is 1. The van der Waals surface area contributed by atoms with Crippen molar-refractivity contribution in [1.82, 2.24) is 10.3 Å². The molecule has 0 atom stereocenters. The molecule has 0 spiro atoms. The first-order chi connectivity index (χ1) is 8.65. The van der Waals surface area contributed by atoms with Crippen LogP contribution in [-0.4, -0.2) is 16.9 Å². The highest BCUT2D eigenvalue weighted by Crippen LogP contribution is 2.43. The second-order valence-corrected chi connectivity index (χ2v) is 5.39. The Labute approximate surface area is 107 Å². The van der Waals surface area contributed by atoms with Crippen LogP contribution in [0.2, 0.25) is 0 Å². The zero-order valence-corrected chi connectivity index (χ0v) is 10.8. The Hall–Kier alpha value is -1.77. The number of hydrogen-bond donors (Lipinski definition) is 2. The molecule has 3 rings (SSSR count). The Kier molecular flexibility index (Phi) is 2.62. The maximum Gasteiger partial charge on any atom is 0.267 e. The Morgan fingerprint density at radius 1 is 1.39 bits per heavy atom. The highest BCUT2D eigenvalue weighted by molar-refractivity contribution is 5.99. The van der Waals surface area contributed by atoms with Crippen LogP contribution in [0.3, 0.4) is 0 Å². The molecule has 1 saturated carbocycles. The SMILES string of the molecule is CC(C)NC(=O)c1cc2c(C3CC3)cccc2[nH]1. The van der Waals surface area contributed by atoms with Gasteiger partial charge in [0.1, 0.15) is 5.69 Å². The van der Waals surface area contributed by atoms with Crippen molar-refractivity contribution >= 4 is 16.8 Å². The van der Waals surface area contributed by atoms with Gasteiger partial charge in [-0.15, -0.1) is 0 Å². The van der Waals surface area contributed by atoms with Crippen molar-refractivity contribution in [3.05, 3.63) is 35.5 Å². The third-order valence-electron chi connectivity index (χ3n) is 3.38. The fourth-order valence-corrected chi connectivity index (χ4v) is 2.39. The molecule has 3 heteroatoms. The lowest BCUT2D eigenvalue weighted by atomic mass is 10.1. The van der Waals surface area contributed by atoms with Crippen molar-refractivity contribution in [2.45, 2.75) is 38.6 Å². The highest BCUT2D eigenvalue weighted by atomic mass is 16.1. The van der Waals surface area contributed by atoms with Crippen LogP contribution in [0.15, 0.2) is 24.3 Å². The number of aromatic nitrogens is 1. The molecule has 0 radical (unpaired) electrons. The summed E-state index contributed by atoms with van der Waals surface area (Å²) in [6.45, 7) is 3.94. The second kappa shape index (κ2) is 4.16. The number of hydrogen-bond acceptors (Lipinski definition) is 1. The van der Waals surface area contributed by atoms with Crippen LogP contribution in [0.1, 0.15) is 48.7 Å². The maximum atomic E-state index is 12.0. The molecule has 18 heavy (non-hydrogen) atoms. The van der Waals surface area contributed by atoms with Crippen LogP contribution in [-0.2, 0) is 0 Å². The van der Waals surface area contributed by atoms with E-state index in [0.717, 1.165) is 5.52 Å². The molecule has 0 saturated heterocycles. The molecular weight excluding hydrogens is 224 g/mol. The van der Waals surface area contributed by atoms with Crippen molar-refractivity contribution in [3.63, 3.8) is 0 Å². The molecule has 0 unspecified atom stereocenters. The van der Waals surface area contributed by atoms with Gasteiger partial charge in [0.15, 0.2) is 0 Å². The maximum absolute atomic E-state index is 12.0. The number of rotatable bonds is 3. The van der Waals surface area contributed by atoms with E-state index < -0.39 is 0 Å². The van der Waals surface area contributed by atoms with Gasteiger partial charge in [-0.05, 0) is 50.3 Å². The predicted molar refractivity (Wildman–Crippen MR) is 72.9 cm³/mol. The zero-order chi connectivity index (χ0) is 12.7. The molecule has 2 N–H and O–H groups in total.